The third-order valence-corrected chi connectivity index (χ3v) is 5.22. The number of thioether (sulfide) groups is 1. The number of hydrogen-bond donors (Lipinski definition) is 0. The van der Waals surface area contributed by atoms with E-state index in [0.29, 0.717) is 17.0 Å². The van der Waals surface area contributed by atoms with E-state index in [1.165, 1.54) is 0 Å². The normalized spacial score (nSPS) is 25.2. The molecule has 0 spiro atoms. The molecule has 2 aliphatic heterocycles. The number of fused-ring (bicyclic) bond motifs is 3. The van der Waals surface area contributed by atoms with Crippen molar-refractivity contribution in [3.05, 3.63) is 36.2 Å². The van der Waals surface area contributed by atoms with Gasteiger partial charge in [0.1, 0.15) is 5.69 Å². The van der Waals surface area contributed by atoms with Crippen LogP contribution in [0.25, 0.3) is 11.0 Å². The summed E-state index contributed by atoms with van der Waals surface area (Å²) in [5.74, 6) is 1.10. The average Bonchev–Trinajstić information content (AvgIpc) is 3.08. The molecule has 5 heteroatoms. The van der Waals surface area contributed by atoms with Crippen LogP contribution in [0.3, 0.4) is 0 Å². The fourth-order valence-corrected chi connectivity index (χ4v) is 4.29. The van der Waals surface area contributed by atoms with Gasteiger partial charge in [0, 0.05) is 23.6 Å². The highest BCUT2D eigenvalue weighted by atomic mass is 32.2. The first-order chi connectivity index (χ1) is 9.31. The van der Waals surface area contributed by atoms with Crippen LogP contribution in [0.4, 0.5) is 0 Å². The lowest BCUT2D eigenvalue weighted by atomic mass is 10.2. The van der Waals surface area contributed by atoms with E-state index >= 15 is 0 Å². The van der Waals surface area contributed by atoms with Crippen LogP contribution in [0.1, 0.15) is 16.9 Å². The van der Waals surface area contributed by atoms with Crippen molar-refractivity contribution >= 4 is 28.7 Å². The molecule has 2 saturated heterocycles. The molecular formula is C14H13N3OS. The van der Waals surface area contributed by atoms with Crippen LogP contribution in [-0.4, -0.2) is 44.4 Å². The molecule has 2 aromatic rings. The average molecular weight is 271 g/mol. The minimum Gasteiger partial charge on any atom is -0.332 e. The fourth-order valence-electron chi connectivity index (χ4n) is 2.86. The fraction of sp³-hybridized carbons (Fsp3) is 0.357. The van der Waals surface area contributed by atoms with Crippen LogP contribution < -0.4 is 0 Å². The molecule has 2 aliphatic rings. The molecule has 0 saturated carbocycles. The Labute approximate surface area is 115 Å². The number of hydrogen-bond acceptors (Lipinski definition) is 4. The number of benzene rings is 1. The lowest BCUT2D eigenvalue weighted by Gasteiger charge is -2.26. The second-order valence-electron chi connectivity index (χ2n) is 5.05. The van der Waals surface area contributed by atoms with Crippen molar-refractivity contribution in [2.75, 3.05) is 12.3 Å². The first kappa shape index (κ1) is 11.2. The van der Waals surface area contributed by atoms with E-state index in [1.54, 1.807) is 6.20 Å². The Morgan fingerprint density at radius 3 is 2.89 bits per heavy atom. The molecule has 2 fully saturated rings. The van der Waals surface area contributed by atoms with Gasteiger partial charge < -0.3 is 4.90 Å². The van der Waals surface area contributed by atoms with E-state index in [-0.39, 0.29) is 5.91 Å². The molecule has 1 amide bonds. The SMILES string of the molecule is O=C(c1cnc2ccccc2n1)N1C[C@H]2C[C@H]1CS2. The summed E-state index contributed by atoms with van der Waals surface area (Å²) < 4.78 is 0. The zero-order chi connectivity index (χ0) is 12.8. The van der Waals surface area contributed by atoms with E-state index in [4.69, 9.17) is 0 Å². The number of nitrogens with zero attached hydrogens (tertiary/aromatic N) is 3. The summed E-state index contributed by atoms with van der Waals surface area (Å²) in [6, 6.07) is 8.04. The number of rotatable bonds is 1. The molecule has 0 N–H and O–H groups in total. The Hall–Kier alpha value is -1.62. The van der Waals surface area contributed by atoms with Crippen molar-refractivity contribution in [3.63, 3.8) is 0 Å². The number of aromatic nitrogens is 2. The Balaban J connectivity index is 1.68. The molecular weight excluding hydrogens is 258 g/mol. The van der Waals surface area contributed by atoms with E-state index in [2.05, 4.69) is 9.97 Å². The van der Waals surface area contributed by atoms with Gasteiger partial charge in [-0.05, 0) is 18.6 Å². The second kappa shape index (κ2) is 4.20. The zero-order valence-corrected chi connectivity index (χ0v) is 11.1. The minimum absolute atomic E-state index is 0.0334. The lowest BCUT2D eigenvalue weighted by molar-refractivity contribution is 0.0741. The summed E-state index contributed by atoms with van der Waals surface area (Å²) in [7, 11) is 0. The maximum absolute atomic E-state index is 12.5. The van der Waals surface area contributed by atoms with E-state index in [1.807, 2.05) is 40.9 Å². The molecule has 0 unspecified atom stereocenters. The highest BCUT2D eigenvalue weighted by Crippen LogP contribution is 2.37. The van der Waals surface area contributed by atoms with Gasteiger partial charge in [-0.3, -0.25) is 9.78 Å². The van der Waals surface area contributed by atoms with Gasteiger partial charge in [-0.25, -0.2) is 4.98 Å². The smallest absolute Gasteiger partial charge is 0.274 e. The van der Waals surface area contributed by atoms with Gasteiger partial charge >= 0.3 is 0 Å². The maximum atomic E-state index is 12.5. The van der Waals surface area contributed by atoms with E-state index in [0.717, 1.165) is 29.8 Å². The summed E-state index contributed by atoms with van der Waals surface area (Å²) in [6.45, 7) is 0.864. The summed E-state index contributed by atoms with van der Waals surface area (Å²) in [5, 5.41) is 0.627. The van der Waals surface area contributed by atoms with Crippen LogP contribution >= 0.6 is 11.8 Å². The summed E-state index contributed by atoms with van der Waals surface area (Å²) in [4.78, 5) is 23.2. The number of amides is 1. The number of para-hydroxylation sites is 2. The molecule has 4 rings (SSSR count). The van der Waals surface area contributed by atoms with Gasteiger partial charge in [0.15, 0.2) is 0 Å². The summed E-state index contributed by atoms with van der Waals surface area (Å²) in [6.07, 6.45) is 2.74. The van der Waals surface area contributed by atoms with Crippen LogP contribution in [0, 0.1) is 0 Å². The second-order valence-corrected chi connectivity index (χ2v) is 6.38. The van der Waals surface area contributed by atoms with Crippen LogP contribution in [-0.2, 0) is 0 Å². The predicted molar refractivity (Wildman–Crippen MR) is 75.2 cm³/mol. The lowest BCUT2D eigenvalue weighted by Crippen LogP contribution is -2.39. The molecule has 1 aromatic carbocycles. The van der Waals surface area contributed by atoms with Crippen molar-refractivity contribution in [1.82, 2.24) is 14.9 Å². The number of carbonyl (C=O) groups is 1. The molecule has 4 nitrogen and oxygen atoms in total. The molecule has 3 heterocycles. The molecule has 96 valence electrons. The Morgan fingerprint density at radius 1 is 1.32 bits per heavy atom. The van der Waals surface area contributed by atoms with Gasteiger partial charge in [-0.2, -0.15) is 11.8 Å². The Morgan fingerprint density at radius 2 is 2.16 bits per heavy atom. The molecule has 19 heavy (non-hydrogen) atoms. The van der Waals surface area contributed by atoms with Crippen molar-refractivity contribution in [3.8, 4) is 0 Å². The zero-order valence-electron chi connectivity index (χ0n) is 10.3. The number of carbonyl (C=O) groups excluding carboxylic acids is 1. The topological polar surface area (TPSA) is 46.1 Å². The molecule has 0 aliphatic carbocycles. The summed E-state index contributed by atoms with van der Waals surface area (Å²) >= 11 is 1.98. The van der Waals surface area contributed by atoms with E-state index in [9.17, 15) is 4.79 Å². The first-order valence-electron chi connectivity index (χ1n) is 6.45. The van der Waals surface area contributed by atoms with Crippen LogP contribution in [0.2, 0.25) is 0 Å². The van der Waals surface area contributed by atoms with Crippen molar-refractivity contribution in [2.24, 2.45) is 0 Å². The van der Waals surface area contributed by atoms with E-state index < -0.39 is 0 Å². The Bertz CT molecular complexity index is 660. The van der Waals surface area contributed by atoms with Crippen LogP contribution in [0.15, 0.2) is 30.5 Å². The van der Waals surface area contributed by atoms with Gasteiger partial charge in [-0.1, -0.05) is 12.1 Å². The highest BCUT2D eigenvalue weighted by Gasteiger charge is 2.41. The number of likely N-dealkylation sites (tertiary alicyclic amines) is 1. The van der Waals surface area contributed by atoms with Gasteiger partial charge in [0.2, 0.25) is 0 Å². The van der Waals surface area contributed by atoms with Crippen molar-refractivity contribution < 1.29 is 4.79 Å². The third-order valence-electron chi connectivity index (χ3n) is 3.83. The molecule has 2 atom stereocenters. The molecule has 1 aromatic heterocycles. The van der Waals surface area contributed by atoms with Crippen molar-refractivity contribution in [1.29, 1.82) is 0 Å². The monoisotopic (exact) mass is 271 g/mol. The largest absolute Gasteiger partial charge is 0.332 e. The molecule has 0 radical (unpaired) electrons. The van der Waals surface area contributed by atoms with Gasteiger partial charge in [0.05, 0.1) is 17.2 Å². The predicted octanol–water partition coefficient (Wildman–Crippen LogP) is 1.96. The maximum Gasteiger partial charge on any atom is 0.274 e. The standard InChI is InChI=1S/C14H13N3OS/c18-14(17-7-10-5-9(17)8-19-10)13-6-15-11-3-1-2-4-12(11)16-13/h1-4,6,9-10H,5,7-8H2/t9-,10+/m0/s1. The van der Waals surface area contributed by atoms with Gasteiger partial charge in [-0.15, -0.1) is 0 Å². The minimum atomic E-state index is 0.0334. The highest BCUT2D eigenvalue weighted by molar-refractivity contribution is 8.00. The van der Waals surface area contributed by atoms with Gasteiger partial charge in [0.25, 0.3) is 5.91 Å². The Kier molecular flexibility index (Phi) is 2.48. The third kappa shape index (κ3) is 1.80. The quantitative estimate of drug-likeness (QED) is 0.795. The first-order valence-corrected chi connectivity index (χ1v) is 7.50. The van der Waals surface area contributed by atoms with Crippen LogP contribution in [0.5, 0.6) is 0 Å². The van der Waals surface area contributed by atoms with Crippen molar-refractivity contribution in [2.45, 2.75) is 17.7 Å². The summed E-state index contributed by atoms with van der Waals surface area (Å²) in [5.41, 5.74) is 2.08. The molecule has 2 bridgehead atoms.